The van der Waals surface area contributed by atoms with Crippen LogP contribution in [0.5, 0.6) is 0 Å². The second-order valence-corrected chi connectivity index (χ2v) is 22.2. The molecule has 15 nitrogen and oxygen atoms in total. The van der Waals surface area contributed by atoms with E-state index in [9.17, 15) is 45.3 Å². The molecule has 0 spiro atoms. The van der Waals surface area contributed by atoms with Crippen molar-refractivity contribution in [3.05, 3.63) is 24.3 Å². The normalized spacial score (nSPS) is 24.3. The number of hydrogen-bond acceptors (Lipinski definition) is 15. The van der Waals surface area contributed by atoms with Gasteiger partial charge in [0.1, 0.15) is 55.4 Å². The molecule has 7 N–H and O–H groups in total. The quantitative estimate of drug-likeness (QED) is 0.0171. The third-order valence-corrected chi connectivity index (χ3v) is 15.2. The number of aliphatic hydroxyl groups excluding tert-OH is 7. The van der Waals surface area contributed by atoms with Crippen LogP contribution in [0.4, 0.5) is 0 Å². The highest BCUT2D eigenvalue weighted by molar-refractivity contribution is 5.70. The number of ether oxygens (including phenoxy) is 6. The smallest absolute Gasteiger partial charge is 0.306 e. The Hall–Kier alpha value is -2.02. The van der Waals surface area contributed by atoms with Crippen LogP contribution < -0.4 is 0 Å². The fraction of sp³-hybridized carbons (Fsp3) is 0.903. The second-order valence-electron chi connectivity index (χ2n) is 22.2. The number of hydrogen-bond donors (Lipinski definition) is 7. The Morgan fingerprint density at radius 1 is 0.416 bits per heavy atom. The van der Waals surface area contributed by atoms with Crippen molar-refractivity contribution in [2.45, 2.75) is 332 Å². The van der Waals surface area contributed by atoms with Crippen LogP contribution in [0.3, 0.4) is 0 Å². The first-order valence-electron chi connectivity index (χ1n) is 31.4. The Labute approximate surface area is 466 Å². The van der Waals surface area contributed by atoms with Crippen LogP contribution in [-0.4, -0.2) is 142 Å². The zero-order chi connectivity index (χ0) is 56.0. The van der Waals surface area contributed by atoms with Gasteiger partial charge in [0.2, 0.25) is 0 Å². The summed E-state index contributed by atoms with van der Waals surface area (Å²) in [6.07, 6.45) is 37.7. The monoisotopic (exact) mass is 1100 g/mol. The Kier molecular flexibility index (Phi) is 44.9. The molecule has 0 saturated carbocycles. The number of unbranched alkanes of at least 4 members (excludes halogenated alkanes) is 33. The predicted molar refractivity (Wildman–Crippen MR) is 303 cm³/mol. The molecule has 2 aliphatic heterocycles. The van der Waals surface area contributed by atoms with Crippen LogP contribution in [-0.2, 0) is 38.0 Å². The Morgan fingerprint density at radius 2 is 0.779 bits per heavy atom. The zero-order valence-corrected chi connectivity index (χ0v) is 48.5. The van der Waals surface area contributed by atoms with Crippen molar-refractivity contribution >= 4 is 11.9 Å². The number of esters is 2. The van der Waals surface area contributed by atoms with Crippen molar-refractivity contribution in [3.8, 4) is 0 Å². The zero-order valence-electron chi connectivity index (χ0n) is 48.5. The molecule has 0 aromatic heterocycles. The van der Waals surface area contributed by atoms with Gasteiger partial charge in [0.25, 0.3) is 0 Å². The molecule has 15 heteroatoms. The van der Waals surface area contributed by atoms with Crippen LogP contribution in [0.15, 0.2) is 24.3 Å². The molecule has 0 bridgehead atoms. The average molecular weight is 1100 g/mol. The van der Waals surface area contributed by atoms with Crippen LogP contribution in [0.2, 0.25) is 0 Å². The number of carbonyl (C=O) groups is 2. The Bertz CT molecular complexity index is 1430. The standard InChI is InChI=1S/C62H114O15/c1-3-5-7-9-11-13-15-17-19-21-23-24-25-27-28-30-32-34-36-38-40-42-44-53(64)72-47-50(75-54(65)45-43-41-39-37-35-33-31-29-26-22-20-18-16-14-12-10-8-6-4-2)48-73-61-60(71)58(69)56(67)52(77-61)49-74-62-59(70)57(68)55(66)51(46-63)76-62/h12,14,18,20,50-52,55-63,66-71H,3-11,13,15-17,19,21-49H2,1-2H3/b14-12+,20-18+/t50-,51+,52+,55-,56-,57?,58?,59?,60?,61+,62+/m0/s1. The predicted octanol–water partition coefficient (Wildman–Crippen LogP) is 11.4. The molecule has 4 unspecified atom stereocenters. The minimum absolute atomic E-state index is 0.164. The van der Waals surface area contributed by atoms with E-state index in [2.05, 4.69) is 38.2 Å². The van der Waals surface area contributed by atoms with Gasteiger partial charge in [0.05, 0.1) is 19.8 Å². The lowest BCUT2D eigenvalue weighted by atomic mass is 9.98. The van der Waals surface area contributed by atoms with E-state index in [1.165, 1.54) is 167 Å². The van der Waals surface area contributed by atoms with Gasteiger partial charge in [0.15, 0.2) is 18.7 Å². The molecule has 452 valence electrons. The van der Waals surface area contributed by atoms with Gasteiger partial charge in [-0.25, -0.2) is 0 Å². The highest BCUT2D eigenvalue weighted by atomic mass is 16.7. The summed E-state index contributed by atoms with van der Waals surface area (Å²) in [5.74, 6) is -0.914. The van der Waals surface area contributed by atoms with Gasteiger partial charge >= 0.3 is 11.9 Å². The maximum Gasteiger partial charge on any atom is 0.306 e. The van der Waals surface area contributed by atoms with Gasteiger partial charge in [-0.3, -0.25) is 9.59 Å². The second kappa shape index (κ2) is 48.7. The van der Waals surface area contributed by atoms with E-state index in [-0.39, 0.29) is 26.1 Å². The highest BCUT2D eigenvalue weighted by Gasteiger charge is 2.47. The first kappa shape index (κ1) is 71.1. The first-order valence-corrected chi connectivity index (χ1v) is 31.4. The van der Waals surface area contributed by atoms with Crippen molar-refractivity contribution < 1.29 is 73.8 Å². The number of aliphatic hydroxyl groups is 7. The summed E-state index contributed by atoms with van der Waals surface area (Å²) in [6.45, 7) is 2.62. The lowest BCUT2D eigenvalue weighted by Crippen LogP contribution is -2.61. The summed E-state index contributed by atoms with van der Waals surface area (Å²) >= 11 is 0. The van der Waals surface area contributed by atoms with Crippen molar-refractivity contribution in [3.63, 3.8) is 0 Å². The van der Waals surface area contributed by atoms with Gasteiger partial charge in [-0.1, -0.05) is 231 Å². The summed E-state index contributed by atoms with van der Waals surface area (Å²) < 4.78 is 33.8. The van der Waals surface area contributed by atoms with Gasteiger partial charge in [-0.15, -0.1) is 0 Å². The minimum atomic E-state index is -1.76. The molecule has 2 saturated heterocycles. The molecular weight excluding hydrogens is 985 g/mol. The number of rotatable bonds is 51. The van der Waals surface area contributed by atoms with Crippen molar-refractivity contribution in [2.75, 3.05) is 26.4 Å². The van der Waals surface area contributed by atoms with E-state index in [0.29, 0.717) is 12.8 Å². The number of carbonyl (C=O) groups excluding carboxylic acids is 2. The van der Waals surface area contributed by atoms with Crippen molar-refractivity contribution in [1.82, 2.24) is 0 Å². The van der Waals surface area contributed by atoms with Crippen LogP contribution in [0, 0.1) is 0 Å². The lowest BCUT2D eigenvalue weighted by Gasteiger charge is -2.42. The largest absolute Gasteiger partial charge is 0.462 e. The Balaban J connectivity index is 1.71. The van der Waals surface area contributed by atoms with Gasteiger partial charge in [-0.05, 0) is 44.9 Å². The third kappa shape index (κ3) is 35.5. The van der Waals surface area contributed by atoms with E-state index < -0.39 is 92.7 Å². The average Bonchev–Trinajstić information content (AvgIpc) is 3.43. The molecule has 2 aliphatic rings. The number of allylic oxidation sites excluding steroid dienone is 4. The van der Waals surface area contributed by atoms with Crippen LogP contribution >= 0.6 is 0 Å². The van der Waals surface area contributed by atoms with Crippen LogP contribution in [0.1, 0.15) is 264 Å². The fourth-order valence-corrected chi connectivity index (χ4v) is 10.1. The van der Waals surface area contributed by atoms with E-state index in [4.69, 9.17) is 28.4 Å². The van der Waals surface area contributed by atoms with E-state index in [1.807, 2.05) is 0 Å². The fourth-order valence-electron chi connectivity index (χ4n) is 10.1. The summed E-state index contributed by atoms with van der Waals surface area (Å²) in [7, 11) is 0. The molecule has 2 fully saturated rings. The van der Waals surface area contributed by atoms with Gasteiger partial charge in [-0.2, -0.15) is 0 Å². The van der Waals surface area contributed by atoms with Crippen molar-refractivity contribution in [1.29, 1.82) is 0 Å². The molecule has 11 atom stereocenters. The molecule has 0 aliphatic carbocycles. The lowest BCUT2D eigenvalue weighted by molar-refractivity contribution is -0.332. The highest BCUT2D eigenvalue weighted by Crippen LogP contribution is 2.27. The van der Waals surface area contributed by atoms with E-state index >= 15 is 0 Å². The molecule has 77 heavy (non-hydrogen) atoms. The van der Waals surface area contributed by atoms with Gasteiger partial charge < -0.3 is 64.2 Å². The van der Waals surface area contributed by atoms with E-state index in [1.54, 1.807) is 0 Å². The molecule has 2 heterocycles. The summed E-state index contributed by atoms with van der Waals surface area (Å²) in [5.41, 5.74) is 0. The van der Waals surface area contributed by atoms with Gasteiger partial charge in [0, 0.05) is 12.8 Å². The summed E-state index contributed by atoms with van der Waals surface area (Å²) in [5, 5.41) is 72.4. The molecule has 0 amide bonds. The molecule has 2 rings (SSSR count). The third-order valence-electron chi connectivity index (χ3n) is 15.2. The SMILES string of the molecule is CCCCC/C=C/C/C=C/CCCCCCCCCCCC(=O)O[C@@H](COC(=O)CCCCCCCCCCCCCCCCCCCCCCCC)CO[C@@H]1O[C@H](CO[C@@H]2O[C@H](CO)[C@H](O)C(O)C2O)[C@H](O)C(O)C1O. The molecule has 0 radical (unpaired) electrons. The van der Waals surface area contributed by atoms with E-state index in [0.717, 1.165) is 57.8 Å². The van der Waals surface area contributed by atoms with Crippen molar-refractivity contribution in [2.24, 2.45) is 0 Å². The minimum Gasteiger partial charge on any atom is -0.462 e. The maximum absolute atomic E-state index is 13.1. The van der Waals surface area contributed by atoms with Crippen LogP contribution in [0.25, 0.3) is 0 Å². The topological polar surface area (TPSA) is 231 Å². The first-order chi connectivity index (χ1) is 37.5. The molecule has 0 aromatic carbocycles. The Morgan fingerprint density at radius 3 is 1.23 bits per heavy atom. The molecule has 0 aromatic rings. The summed E-state index contributed by atoms with van der Waals surface area (Å²) in [6, 6.07) is 0. The summed E-state index contributed by atoms with van der Waals surface area (Å²) in [4.78, 5) is 26.0. The molecular formula is C62H114O15. The maximum atomic E-state index is 13.1.